The summed E-state index contributed by atoms with van der Waals surface area (Å²) in [6, 6.07) is 10.8. The molecule has 1 aliphatic carbocycles. The number of nitrogens with zero attached hydrogens (tertiary/aromatic N) is 8. The molecule has 0 aromatic carbocycles. The minimum absolute atomic E-state index is 0.0828. The van der Waals surface area contributed by atoms with Crippen LogP contribution < -0.4 is 20.4 Å². The second kappa shape index (κ2) is 13.3. The maximum atomic E-state index is 13.2. The van der Waals surface area contributed by atoms with Crippen molar-refractivity contribution in [3.63, 3.8) is 0 Å². The lowest BCUT2D eigenvalue weighted by Crippen LogP contribution is -2.48. The van der Waals surface area contributed by atoms with Crippen LogP contribution in [-0.4, -0.2) is 80.7 Å². The lowest BCUT2D eigenvalue weighted by molar-refractivity contribution is -0.116. The minimum atomic E-state index is -0.828. The Bertz CT molecular complexity index is 1590. The number of hydrogen-bond donors (Lipinski definition) is 2. The summed E-state index contributed by atoms with van der Waals surface area (Å²) in [4.78, 5) is 38.1. The van der Waals surface area contributed by atoms with Crippen molar-refractivity contribution in [2.24, 2.45) is 0 Å². The highest BCUT2D eigenvalue weighted by molar-refractivity contribution is 7.15. The number of carbonyl (C=O) groups excluding carboxylic acids is 2. The Hall–Kier alpha value is -4.18. The SMILES string of the molecule is O=C(Cc1cccc(N2CC(F)C2)n1)Nc1nnc(C2CCCC(c3nnc(NC(=O)Cc4cccc(N5CC(F)C5)n4)s3)C2)s1. The van der Waals surface area contributed by atoms with Gasteiger partial charge in [-0.1, -0.05) is 41.2 Å². The van der Waals surface area contributed by atoms with Crippen molar-refractivity contribution in [1.82, 2.24) is 30.4 Å². The number of aromatic nitrogens is 6. The van der Waals surface area contributed by atoms with E-state index in [0.29, 0.717) is 59.5 Å². The molecule has 46 heavy (non-hydrogen) atoms. The molecule has 2 aliphatic heterocycles. The number of amides is 2. The second-order valence-electron chi connectivity index (χ2n) is 11.9. The first-order chi connectivity index (χ1) is 22.3. The Labute approximate surface area is 271 Å². The third-order valence-corrected chi connectivity index (χ3v) is 10.3. The average molecular weight is 667 g/mol. The number of carbonyl (C=O) groups is 2. The molecule has 6 heterocycles. The number of rotatable bonds is 10. The smallest absolute Gasteiger partial charge is 0.232 e. The van der Waals surface area contributed by atoms with Crippen molar-refractivity contribution in [3.05, 3.63) is 57.8 Å². The van der Waals surface area contributed by atoms with Crippen LogP contribution in [0.15, 0.2) is 36.4 Å². The van der Waals surface area contributed by atoms with Crippen molar-refractivity contribution in [2.75, 3.05) is 46.6 Å². The predicted molar refractivity (Wildman–Crippen MR) is 171 cm³/mol. The van der Waals surface area contributed by atoms with Crippen molar-refractivity contribution >= 4 is 56.4 Å². The van der Waals surface area contributed by atoms with Crippen LogP contribution in [0.5, 0.6) is 0 Å². The summed E-state index contributed by atoms with van der Waals surface area (Å²) in [6.45, 7) is 1.30. The molecule has 3 fully saturated rings. The molecular formula is C30H32F2N10O2S2. The maximum absolute atomic E-state index is 13.2. The molecule has 2 saturated heterocycles. The van der Waals surface area contributed by atoms with Crippen LogP contribution in [0.4, 0.5) is 30.7 Å². The Morgan fingerprint density at radius 2 is 1.17 bits per heavy atom. The van der Waals surface area contributed by atoms with Crippen LogP contribution in [0.2, 0.25) is 0 Å². The molecule has 0 spiro atoms. The number of hydrogen-bond acceptors (Lipinski definition) is 12. The van der Waals surface area contributed by atoms with Crippen molar-refractivity contribution in [1.29, 1.82) is 0 Å². The Morgan fingerprint density at radius 1 is 0.717 bits per heavy atom. The van der Waals surface area contributed by atoms with Crippen molar-refractivity contribution < 1.29 is 18.4 Å². The summed E-state index contributed by atoms with van der Waals surface area (Å²) in [5, 5.41) is 25.5. The average Bonchev–Trinajstić information content (AvgIpc) is 3.68. The Balaban J connectivity index is 0.904. The van der Waals surface area contributed by atoms with E-state index in [1.165, 1.54) is 22.7 Å². The largest absolute Gasteiger partial charge is 0.351 e. The summed E-state index contributed by atoms with van der Waals surface area (Å²) in [7, 11) is 0. The van der Waals surface area contributed by atoms with Gasteiger partial charge in [-0.2, -0.15) is 0 Å². The number of alkyl halides is 2. The summed E-state index contributed by atoms with van der Waals surface area (Å²) in [5.41, 5.74) is 1.21. The summed E-state index contributed by atoms with van der Waals surface area (Å²) < 4.78 is 26.4. The maximum Gasteiger partial charge on any atom is 0.232 e. The molecule has 4 aromatic rings. The van der Waals surface area contributed by atoms with Crippen molar-refractivity contribution in [2.45, 2.75) is 62.7 Å². The van der Waals surface area contributed by atoms with Gasteiger partial charge in [-0.05, 0) is 43.5 Å². The highest BCUT2D eigenvalue weighted by Crippen LogP contribution is 2.43. The lowest BCUT2D eigenvalue weighted by Gasteiger charge is -2.35. The van der Waals surface area contributed by atoms with E-state index >= 15 is 0 Å². The number of nitrogens with one attached hydrogen (secondary N) is 2. The topological polar surface area (TPSA) is 142 Å². The van der Waals surface area contributed by atoms with Crippen LogP contribution in [0.3, 0.4) is 0 Å². The van der Waals surface area contributed by atoms with E-state index in [1.807, 2.05) is 34.1 Å². The summed E-state index contributed by atoms with van der Waals surface area (Å²) in [6.07, 6.45) is 2.25. The van der Waals surface area contributed by atoms with E-state index in [4.69, 9.17) is 0 Å². The molecule has 2 amide bonds. The first-order valence-corrected chi connectivity index (χ1v) is 16.9. The van der Waals surface area contributed by atoms with Gasteiger partial charge in [-0.15, -0.1) is 20.4 Å². The second-order valence-corrected chi connectivity index (χ2v) is 13.9. The van der Waals surface area contributed by atoms with Gasteiger partial charge < -0.3 is 20.4 Å². The van der Waals surface area contributed by atoms with Gasteiger partial charge in [0.25, 0.3) is 0 Å². The molecule has 4 aromatic heterocycles. The highest BCUT2D eigenvalue weighted by atomic mass is 32.1. The lowest BCUT2D eigenvalue weighted by atomic mass is 9.82. The monoisotopic (exact) mass is 666 g/mol. The minimum Gasteiger partial charge on any atom is -0.351 e. The fraction of sp³-hybridized carbons (Fsp3) is 0.467. The third kappa shape index (κ3) is 7.12. The number of halogens is 2. The molecule has 3 aliphatic rings. The van der Waals surface area contributed by atoms with E-state index in [-0.39, 0.29) is 36.5 Å². The zero-order valence-corrected chi connectivity index (χ0v) is 26.4. The number of pyridine rings is 2. The molecule has 16 heteroatoms. The molecule has 7 rings (SSSR count). The summed E-state index contributed by atoms with van der Waals surface area (Å²) in [5.74, 6) is 1.23. The molecule has 0 radical (unpaired) electrons. The normalized spacial score (nSPS) is 20.2. The molecule has 1 saturated carbocycles. The molecule has 12 nitrogen and oxygen atoms in total. The van der Waals surface area contributed by atoms with Crippen LogP contribution in [0.25, 0.3) is 0 Å². The van der Waals surface area contributed by atoms with E-state index < -0.39 is 12.3 Å². The van der Waals surface area contributed by atoms with Gasteiger partial charge in [0.05, 0.1) is 50.4 Å². The zero-order chi connectivity index (χ0) is 31.6. The predicted octanol–water partition coefficient (Wildman–Crippen LogP) is 4.30. The van der Waals surface area contributed by atoms with Gasteiger partial charge in [0.2, 0.25) is 22.1 Å². The van der Waals surface area contributed by atoms with E-state index in [1.54, 1.807) is 12.1 Å². The Kier molecular flexibility index (Phi) is 8.80. The van der Waals surface area contributed by atoms with Gasteiger partial charge in [0.1, 0.15) is 34.0 Å². The fourth-order valence-electron chi connectivity index (χ4n) is 5.90. The van der Waals surface area contributed by atoms with Gasteiger partial charge in [-0.25, -0.2) is 18.7 Å². The van der Waals surface area contributed by atoms with Gasteiger partial charge >= 0.3 is 0 Å². The quantitative estimate of drug-likeness (QED) is 0.252. The first kappa shape index (κ1) is 30.5. The third-order valence-electron chi connectivity index (χ3n) is 8.34. The van der Waals surface area contributed by atoms with E-state index in [2.05, 4.69) is 41.0 Å². The molecule has 2 unspecified atom stereocenters. The van der Waals surface area contributed by atoms with Crippen LogP contribution in [0, 0.1) is 0 Å². The summed E-state index contributed by atoms with van der Waals surface area (Å²) >= 11 is 2.75. The molecule has 0 bridgehead atoms. The highest BCUT2D eigenvalue weighted by Gasteiger charge is 2.31. The van der Waals surface area contributed by atoms with E-state index in [0.717, 1.165) is 35.7 Å². The van der Waals surface area contributed by atoms with Crippen LogP contribution in [-0.2, 0) is 22.4 Å². The molecular weight excluding hydrogens is 635 g/mol. The zero-order valence-electron chi connectivity index (χ0n) is 24.8. The van der Waals surface area contributed by atoms with Crippen molar-refractivity contribution in [3.8, 4) is 0 Å². The van der Waals surface area contributed by atoms with Gasteiger partial charge in [0, 0.05) is 11.8 Å². The van der Waals surface area contributed by atoms with Gasteiger partial charge in [0.15, 0.2) is 0 Å². The van der Waals surface area contributed by atoms with Gasteiger partial charge in [-0.3, -0.25) is 9.59 Å². The van der Waals surface area contributed by atoms with Crippen LogP contribution >= 0.6 is 22.7 Å². The van der Waals surface area contributed by atoms with Crippen LogP contribution in [0.1, 0.15) is 58.9 Å². The molecule has 240 valence electrons. The standard InChI is InChI=1S/C30H32F2N10O2S2/c31-19-13-41(14-19)23-8-2-6-21(33-23)11-25(43)35-29-39-37-27(45-29)17-4-1-5-18(10-17)28-38-40-30(46-28)36-26(44)12-22-7-3-9-24(34-22)42-15-20(32)16-42/h2-3,6-9,17-20H,1,4-5,10-16H2,(H,35,39,43)(H,36,40,44). The molecule has 2 atom stereocenters. The molecule has 2 N–H and O–H groups in total. The Morgan fingerprint density at radius 3 is 1.61 bits per heavy atom. The fourth-order valence-corrected chi connectivity index (χ4v) is 7.72. The first-order valence-electron chi connectivity index (χ1n) is 15.3. The van der Waals surface area contributed by atoms with E-state index in [9.17, 15) is 18.4 Å². The number of anilines is 4.